The summed E-state index contributed by atoms with van der Waals surface area (Å²) in [6, 6.07) is 19.4. The number of hydrogen-bond donors (Lipinski definition) is 2. The molecule has 0 amide bonds. The highest BCUT2D eigenvalue weighted by Crippen LogP contribution is 2.34. The summed E-state index contributed by atoms with van der Waals surface area (Å²) >= 11 is 0. The Bertz CT molecular complexity index is 643. The van der Waals surface area contributed by atoms with Crippen molar-refractivity contribution in [2.24, 2.45) is 0 Å². The van der Waals surface area contributed by atoms with Crippen LogP contribution < -0.4 is 0 Å². The minimum Gasteiger partial charge on any atom is -0.387 e. The largest absolute Gasteiger partial charge is 0.387 e. The van der Waals surface area contributed by atoms with Gasteiger partial charge in [-0.15, -0.1) is 6.58 Å². The van der Waals surface area contributed by atoms with E-state index in [1.807, 2.05) is 60.7 Å². The van der Waals surface area contributed by atoms with Crippen molar-refractivity contribution >= 4 is 0 Å². The smallest absolute Gasteiger partial charge is 0.117 e. The lowest BCUT2D eigenvalue weighted by Gasteiger charge is -2.26. The van der Waals surface area contributed by atoms with Gasteiger partial charge in [-0.2, -0.15) is 0 Å². The first kappa shape index (κ1) is 16.9. The lowest BCUT2D eigenvalue weighted by Crippen LogP contribution is -2.36. The van der Waals surface area contributed by atoms with E-state index in [2.05, 4.69) is 6.58 Å². The Balaban J connectivity index is 1.81. The van der Waals surface area contributed by atoms with Gasteiger partial charge in [0.1, 0.15) is 30.5 Å². The number of ether oxygens (including phenoxy) is 2. The number of rotatable bonds is 6. The second-order valence-electron chi connectivity index (χ2n) is 5.91. The maximum absolute atomic E-state index is 10.4. The van der Waals surface area contributed by atoms with Gasteiger partial charge in [0.2, 0.25) is 0 Å². The number of aliphatic hydroxyl groups excluding tert-OH is 2. The molecule has 0 spiro atoms. The molecule has 2 aromatic rings. The maximum Gasteiger partial charge on any atom is 0.117 e. The van der Waals surface area contributed by atoms with E-state index in [1.165, 1.54) is 6.08 Å². The standard InChI is InChI=1S/C20H22O4/c1-2-16-17(21)18(22)20(24-16)19(15-11-7-4-8-12-15)23-13-14-9-5-3-6-10-14/h2-12,16-22H,1,13H2/t16-,17+,18+,19-,20+/m1/s1. The van der Waals surface area contributed by atoms with Crippen LogP contribution in [0.25, 0.3) is 0 Å². The molecule has 126 valence electrons. The van der Waals surface area contributed by atoms with Crippen molar-refractivity contribution in [3.63, 3.8) is 0 Å². The predicted molar refractivity (Wildman–Crippen MR) is 91.3 cm³/mol. The summed E-state index contributed by atoms with van der Waals surface area (Å²) in [5, 5.41) is 20.5. The topological polar surface area (TPSA) is 58.9 Å². The Labute approximate surface area is 142 Å². The van der Waals surface area contributed by atoms with E-state index in [0.717, 1.165) is 11.1 Å². The summed E-state index contributed by atoms with van der Waals surface area (Å²) < 4.78 is 11.9. The summed E-state index contributed by atoms with van der Waals surface area (Å²) in [5.74, 6) is 0. The van der Waals surface area contributed by atoms with E-state index in [0.29, 0.717) is 6.61 Å². The van der Waals surface area contributed by atoms with Gasteiger partial charge in [-0.05, 0) is 11.1 Å². The molecule has 2 aromatic carbocycles. The molecule has 24 heavy (non-hydrogen) atoms. The number of benzene rings is 2. The monoisotopic (exact) mass is 326 g/mol. The van der Waals surface area contributed by atoms with Crippen molar-refractivity contribution < 1.29 is 19.7 Å². The molecule has 1 heterocycles. The van der Waals surface area contributed by atoms with Gasteiger partial charge in [-0.1, -0.05) is 66.7 Å². The molecule has 0 aliphatic carbocycles. The molecule has 1 fully saturated rings. The van der Waals surface area contributed by atoms with Crippen LogP contribution in [0.4, 0.5) is 0 Å². The Hall–Kier alpha value is -1.98. The predicted octanol–water partition coefficient (Wildman–Crippen LogP) is 2.62. The molecule has 2 N–H and O–H groups in total. The highest BCUT2D eigenvalue weighted by Gasteiger charge is 2.45. The van der Waals surface area contributed by atoms with Gasteiger partial charge in [0.15, 0.2) is 0 Å². The third kappa shape index (κ3) is 3.57. The quantitative estimate of drug-likeness (QED) is 0.801. The molecule has 0 saturated carbocycles. The van der Waals surface area contributed by atoms with Gasteiger partial charge >= 0.3 is 0 Å². The van der Waals surface area contributed by atoms with E-state index in [-0.39, 0.29) is 0 Å². The minimum atomic E-state index is -1.03. The molecule has 1 aliphatic rings. The summed E-state index contributed by atoms with van der Waals surface area (Å²) in [6.07, 6.45) is -2.27. The van der Waals surface area contributed by atoms with E-state index in [1.54, 1.807) is 0 Å². The normalized spacial score (nSPS) is 27.8. The highest BCUT2D eigenvalue weighted by molar-refractivity contribution is 5.21. The molecule has 4 heteroatoms. The second-order valence-corrected chi connectivity index (χ2v) is 5.91. The zero-order valence-electron chi connectivity index (χ0n) is 13.4. The van der Waals surface area contributed by atoms with E-state index < -0.39 is 30.5 Å². The summed E-state index contributed by atoms with van der Waals surface area (Å²) in [4.78, 5) is 0. The van der Waals surface area contributed by atoms with Gasteiger partial charge in [0.25, 0.3) is 0 Å². The van der Waals surface area contributed by atoms with Gasteiger partial charge < -0.3 is 19.7 Å². The van der Waals surface area contributed by atoms with Crippen LogP contribution in [0.3, 0.4) is 0 Å². The number of aliphatic hydroxyl groups is 2. The molecule has 0 unspecified atom stereocenters. The average Bonchev–Trinajstić information content (AvgIpc) is 2.92. The van der Waals surface area contributed by atoms with Crippen LogP contribution in [0.2, 0.25) is 0 Å². The van der Waals surface area contributed by atoms with Gasteiger partial charge in [0, 0.05) is 0 Å². The Morgan fingerprint density at radius 1 is 1.00 bits per heavy atom. The highest BCUT2D eigenvalue weighted by atomic mass is 16.6. The van der Waals surface area contributed by atoms with Gasteiger partial charge in [0.05, 0.1) is 6.61 Å². The van der Waals surface area contributed by atoms with Crippen LogP contribution in [0.1, 0.15) is 17.2 Å². The van der Waals surface area contributed by atoms with Crippen molar-refractivity contribution in [2.75, 3.05) is 0 Å². The van der Waals surface area contributed by atoms with E-state index >= 15 is 0 Å². The van der Waals surface area contributed by atoms with E-state index in [9.17, 15) is 10.2 Å². The van der Waals surface area contributed by atoms with Crippen LogP contribution in [0.15, 0.2) is 73.3 Å². The Morgan fingerprint density at radius 2 is 1.62 bits per heavy atom. The zero-order chi connectivity index (χ0) is 16.9. The van der Waals surface area contributed by atoms with Crippen molar-refractivity contribution in [3.8, 4) is 0 Å². The van der Waals surface area contributed by atoms with Crippen LogP contribution in [-0.4, -0.2) is 34.6 Å². The maximum atomic E-state index is 10.4. The second kappa shape index (κ2) is 7.73. The fourth-order valence-electron chi connectivity index (χ4n) is 2.96. The summed E-state index contributed by atoms with van der Waals surface area (Å²) in [5.41, 5.74) is 1.93. The lowest BCUT2D eigenvalue weighted by atomic mass is 9.98. The number of hydrogen-bond acceptors (Lipinski definition) is 4. The molecule has 0 bridgehead atoms. The first-order valence-corrected chi connectivity index (χ1v) is 8.05. The van der Waals surface area contributed by atoms with Crippen LogP contribution in [0, 0.1) is 0 Å². The third-order valence-corrected chi connectivity index (χ3v) is 4.27. The molecule has 0 aromatic heterocycles. The molecule has 0 radical (unpaired) electrons. The fourth-order valence-corrected chi connectivity index (χ4v) is 2.96. The molecule has 5 atom stereocenters. The molecular weight excluding hydrogens is 304 g/mol. The van der Waals surface area contributed by atoms with Crippen molar-refractivity contribution in [1.29, 1.82) is 0 Å². The summed E-state index contributed by atoms with van der Waals surface area (Å²) in [7, 11) is 0. The molecule has 1 aliphatic heterocycles. The Kier molecular flexibility index (Phi) is 5.43. The Morgan fingerprint density at radius 3 is 2.21 bits per heavy atom. The fraction of sp³-hybridized carbons (Fsp3) is 0.300. The van der Waals surface area contributed by atoms with Crippen LogP contribution in [-0.2, 0) is 16.1 Å². The van der Waals surface area contributed by atoms with Gasteiger partial charge in [-0.25, -0.2) is 0 Å². The first-order valence-electron chi connectivity index (χ1n) is 8.05. The lowest BCUT2D eigenvalue weighted by molar-refractivity contribution is -0.0971. The van der Waals surface area contributed by atoms with Crippen LogP contribution >= 0.6 is 0 Å². The van der Waals surface area contributed by atoms with Gasteiger partial charge in [-0.3, -0.25) is 0 Å². The molecule has 1 saturated heterocycles. The summed E-state index contributed by atoms with van der Waals surface area (Å²) in [6.45, 7) is 4.04. The minimum absolute atomic E-state index is 0.391. The van der Waals surface area contributed by atoms with E-state index in [4.69, 9.17) is 9.47 Å². The average molecular weight is 326 g/mol. The molecule has 3 rings (SSSR count). The third-order valence-electron chi connectivity index (χ3n) is 4.27. The van der Waals surface area contributed by atoms with Crippen molar-refractivity contribution in [3.05, 3.63) is 84.4 Å². The SMILES string of the molecule is C=C[C@H]1O[C@H]([C@H](OCc2ccccc2)c2ccccc2)[C@@H](O)[C@H]1O. The van der Waals surface area contributed by atoms with Crippen LogP contribution in [0.5, 0.6) is 0 Å². The van der Waals surface area contributed by atoms with Crippen molar-refractivity contribution in [1.82, 2.24) is 0 Å². The molecular formula is C20H22O4. The first-order chi connectivity index (χ1) is 11.7. The zero-order valence-corrected chi connectivity index (χ0v) is 13.4. The van der Waals surface area contributed by atoms with Crippen molar-refractivity contribution in [2.45, 2.75) is 37.1 Å². The molecule has 4 nitrogen and oxygen atoms in total.